The molecule has 0 bridgehead atoms. The van der Waals surface area contributed by atoms with Crippen molar-refractivity contribution in [3.05, 3.63) is 23.8 Å². The van der Waals surface area contributed by atoms with Gasteiger partial charge in [0.15, 0.2) is 5.96 Å². The van der Waals surface area contributed by atoms with Gasteiger partial charge < -0.3 is 20.1 Å². The molecule has 168 valence electrons. The van der Waals surface area contributed by atoms with Crippen LogP contribution in [0.4, 0.5) is 0 Å². The second kappa shape index (κ2) is 10.3. The van der Waals surface area contributed by atoms with Gasteiger partial charge >= 0.3 is 0 Å². The van der Waals surface area contributed by atoms with Crippen molar-refractivity contribution in [2.75, 3.05) is 59.7 Å². The number of hydrogen-bond acceptors (Lipinski definition) is 6. The topological polar surface area (TPSA) is 95.5 Å². The smallest absolute Gasteiger partial charge is 0.214 e. The summed E-state index contributed by atoms with van der Waals surface area (Å²) >= 11 is 0. The lowest BCUT2D eigenvalue weighted by Crippen LogP contribution is -2.46. The fourth-order valence-corrected chi connectivity index (χ4v) is 5.47. The lowest BCUT2D eigenvalue weighted by atomic mass is 10.2. The van der Waals surface area contributed by atoms with Crippen LogP contribution in [0.3, 0.4) is 0 Å². The van der Waals surface area contributed by atoms with Crippen LogP contribution < -0.4 is 20.1 Å². The molecule has 0 aliphatic carbocycles. The fraction of sp³-hybridized carbons (Fsp3) is 0.650. The van der Waals surface area contributed by atoms with E-state index in [2.05, 4.69) is 20.5 Å². The summed E-state index contributed by atoms with van der Waals surface area (Å²) in [4.78, 5) is 6.67. The molecule has 1 atom stereocenters. The van der Waals surface area contributed by atoms with Crippen molar-refractivity contribution < 1.29 is 17.9 Å². The highest BCUT2D eigenvalue weighted by molar-refractivity contribution is 7.89. The number of methoxy groups -OCH3 is 2. The average Bonchev–Trinajstić information content (AvgIpc) is 3.31. The van der Waals surface area contributed by atoms with Gasteiger partial charge in [-0.05, 0) is 30.5 Å². The van der Waals surface area contributed by atoms with Gasteiger partial charge in [-0.15, -0.1) is 0 Å². The molecule has 2 aliphatic rings. The monoisotopic (exact) mass is 439 g/mol. The van der Waals surface area contributed by atoms with E-state index < -0.39 is 10.0 Å². The van der Waals surface area contributed by atoms with E-state index in [1.807, 2.05) is 18.2 Å². The van der Waals surface area contributed by atoms with Crippen LogP contribution in [0, 0.1) is 0 Å². The Morgan fingerprint density at radius 2 is 1.93 bits per heavy atom. The van der Waals surface area contributed by atoms with Gasteiger partial charge in [0.1, 0.15) is 11.5 Å². The van der Waals surface area contributed by atoms with Crippen molar-refractivity contribution in [1.29, 1.82) is 0 Å². The number of guanidine groups is 1. The number of likely N-dealkylation sites (tertiary alicyclic amines) is 1. The Morgan fingerprint density at radius 1 is 1.20 bits per heavy atom. The van der Waals surface area contributed by atoms with Crippen LogP contribution in [0.25, 0.3) is 0 Å². The number of ether oxygens (including phenoxy) is 2. The highest BCUT2D eigenvalue weighted by Gasteiger charge is 2.28. The Balaban J connectivity index is 1.45. The van der Waals surface area contributed by atoms with Crippen molar-refractivity contribution in [3.8, 4) is 11.5 Å². The van der Waals surface area contributed by atoms with Crippen molar-refractivity contribution in [2.45, 2.75) is 25.4 Å². The molecule has 1 aromatic carbocycles. The molecule has 30 heavy (non-hydrogen) atoms. The summed E-state index contributed by atoms with van der Waals surface area (Å²) in [6.07, 6.45) is 1.73. The molecule has 0 spiro atoms. The third-order valence-corrected chi connectivity index (χ3v) is 7.47. The zero-order valence-electron chi connectivity index (χ0n) is 18.1. The zero-order valence-corrected chi connectivity index (χ0v) is 18.9. The molecular formula is C20H33N5O4S. The minimum atomic E-state index is -3.05. The molecule has 2 heterocycles. The maximum atomic E-state index is 11.9. The Bertz CT molecular complexity index is 823. The number of hydrogen-bond donors (Lipinski definition) is 2. The summed E-state index contributed by atoms with van der Waals surface area (Å²) in [5.74, 6) is 2.56. The fourth-order valence-electron chi connectivity index (χ4n) is 3.94. The molecule has 1 unspecified atom stereocenters. The molecule has 2 N–H and O–H groups in total. The molecule has 10 heteroatoms. The highest BCUT2D eigenvalue weighted by Crippen LogP contribution is 2.24. The normalized spacial score (nSPS) is 22.2. The largest absolute Gasteiger partial charge is 0.497 e. The van der Waals surface area contributed by atoms with E-state index in [-0.39, 0.29) is 5.75 Å². The molecule has 0 saturated carbocycles. The molecule has 1 aromatic rings. The van der Waals surface area contributed by atoms with Crippen LogP contribution in [0.1, 0.15) is 18.4 Å². The van der Waals surface area contributed by atoms with Gasteiger partial charge in [0.25, 0.3) is 0 Å². The molecule has 2 fully saturated rings. The number of nitrogens with zero attached hydrogens (tertiary/aromatic N) is 3. The standard InChI is InChI=1S/C20H33N5O4S/c1-21-20(22-6-9-25-7-4-10-30(25,26)27)23-17-5-8-24(15-17)14-16-11-18(28-2)13-19(12-16)29-3/h11-13,17H,4-10,14-15H2,1-3H3,(H2,21,22,23). The predicted molar refractivity (Wildman–Crippen MR) is 118 cm³/mol. The van der Waals surface area contributed by atoms with Crippen LogP contribution in [0.2, 0.25) is 0 Å². The van der Waals surface area contributed by atoms with Gasteiger partial charge in [-0.2, -0.15) is 0 Å². The summed E-state index contributed by atoms with van der Waals surface area (Å²) in [6.45, 7) is 4.34. The van der Waals surface area contributed by atoms with E-state index in [0.29, 0.717) is 38.1 Å². The van der Waals surface area contributed by atoms with Gasteiger partial charge in [0.2, 0.25) is 10.0 Å². The first kappa shape index (κ1) is 22.6. The number of sulfonamides is 1. The third-order valence-electron chi connectivity index (χ3n) is 5.51. The third kappa shape index (κ3) is 5.99. The lowest BCUT2D eigenvalue weighted by Gasteiger charge is -2.20. The maximum Gasteiger partial charge on any atom is 0.214 e. The van der Waals surface area contributed by atoms with Crippen molar-refractivity contribution in [2.24, 2.45) is 4.99 Å². The van der Waals surface area contributed by atoms with Crippen molar-refractivity contribution in [3.63, 3.8) is 0 Å². The summed E-state index contributed by atoms with van der Waals surface area (Å²) < 4.78 is 36.0. The summed E-state index contributed by atoms with van der Waals surface area (Å²) in [6, 6.07) is 6.24. The second-order valence-electron chi connectivity index (χ2n) is 7.65. The Hall–Kier alpha value is -2.04. The molecule has 3 rings (SSSR count). The molecule has 0 amide bonds. The average molecular weight is 440 g/mol. The summed E-state index contributed by atoms with van der Waals surface area (Å²) in [5, 5.41) is 6.69. The number of nitrogens with one attached hydrogen (secondary N) is 2. The van der Waals surface area contributed by atoms with Crippen molar-refractivity contribution in [1.82, 2.24) is 19.8 Å². The van der Waals surface area contributed by atoms with Gasteiger partial charge in [-0.25, -0.2) is 12.7 Å². The van der Waals surface area contributed by atoms with Crippen LogP contribution in [-0.4, -0.2) is 89.4 Å². The first-order chi connectivity index (χ1) is 14.4. The van der Waals surface area contributed by atoms with Crippen LogP contribution in [-0.2, 0) is 16.6 Å². The van der Waals surface area contributed by atoms with Gasteiger partial charge in [0.05, 0.1) is 20.0 Å². The molecule has 9 nitrogen and oxygen atoms in total. The number of benzene rings is 1. The van der Waals surface area contributed by atoms with Crippen molar-refractivity contribution >= 4 is 16.0 Å². The summed E-state index contributed by atoms with van der Waals surface area (Å²) in [5.41, 5.74) is 1.15. The van der Waals surface area contributed by atoms with E-state index in [1.165, 1.54) is 0 Å². The molecule has 2 aliphatic heterocycles. The highest BCUT2D eigenvalue weighted by atomic mass is 32.2. The summed E-state index contributed by atoms with van der Waals surface area (Å²) in [7, 11) is 2.00. The van der Waals surface area contributed by atoms with E-state index in [4.69, 9.17) is 9.47 Å². The first-order valence-corrected chi connectivity index (χ1v) is 11.9. The minimum Gasteiger partial charge on any atom is -0.497 e. The van der Waals surface area contributed by atoms with E-state index in [1.54, 1.807) is 25.6 Å². The Labute approximate surface area is 179 Å². The Morgan fingerprint density at radius 3 is 2.53 bits per heavy atom. The second-order valence-corrected chi connectivity index (χ2v) is 9.74. The first-order valence-electron chi connectivity index (χ1n) is 10.3. The van der Waals surface area contributed by atoms with E-state index >= 15 is 0 Å². The quantitative estimate of drug-likeness (QED) is 0.449. The molecule has 0 radical (unpaired) electrons. The SMILES string of the molecule is CN=C(NCCN1CCCS1(=O)=O)NC1CCN(Cc2cc(OC)cc(OC)c2)C1. The van der Waals surface area contributed by atoms with Crippen LogP contribution in [0.5, 0.6) is 11.5 Å². The Kier molecular flexibility index (Phi) is 7.79. The van der Waals surface area contributed by atoms with E-state index in [9.17, 15) is 8.42 Å². The van der Waals surface area contributed by atoms with Gasteiger partial charge in [-0.1, -0.05) is 0 Å². The molecule has 2 saturated heterocycles. The van der Waals surface area contributed by atoms with Crippen LogP contribution in [0.15, 0.2) is 23.2 Å². The maximum absolute atomic E-state index is 11.9. The zero-order chi connectivity index (χ0) is 21.6. The molecular weight excluding hydrogens is 406 g/mol. The number of aliphatic imine (C=N–C) groups is 1. The van der Waals surface area contributed by atoms with Gasteiger partial charge in [-0.3, -0.25) is 9.89 Å². The lowest BCUT2D eigenvalue weighted by molar-refractivity contribution is 0.321. The number of rotatable bonds is 8. The predicted octanol–water partition coefficient (Wildman–Crippen LogP) is 0.479. The molecule has 0 aromatic heterocycles. The van der Waals surface area contributed by atoms with Gasteiger partial charge in [0, 0.05) is 58.4 Å². The van der Waals surface area contributed by atoms with E-state index in [0.717, 1.165) is 43.1 Å². The van der Waals surface area contributed by atoms with Crippen LogP contribution >= 0.6 is 0 Å². The minimum absolute atomic E-state index is 0.261.